The van der Waals surface area contributed by atoms with Crippen LogP contribution >= 0.6 is 23.2 Å². The Balaban J connectivity index is 2.41. The maximum absolute atomic E-state index is 6.02. The van der Waals surface area contributed by atoms with Gasteiger partial charge in [-0.25, -0.2) is 4.98 Å². The molecule has 0 saturated heterocycles. The van der Waals surface area contributed by atoms with E-state index in [1.807, 2.05) is 12.1 Å². The van der Waals surface area contributed by atoms with Crippen molar-refractivity contribution in [3.63, 3.8) is 0 Å². The van der Waals surface area contributed by atoms with Crippen LogP contribution in [0.1, 0.15) is 30.6 Å². The van der Waals surface area contributed by atoms with Crippen LogP contribution in [0, 0.1) is 0 Å². The van der Waals surface area contributed by atoms with Gasteiger partial charge in [-0.05, 0) is 31.2 Å². The fraction of sp³-hybridized carbons (Fsp3) is 0.286. The number of halogens is 2. The van der Waals surface area contributed by atoms with E-state index >= 15 is 0 Å². The molecule has 0 fully saturated rings. The van der Waals surface area contributed by atoms with Crippen molar-refractivity contribution in [2.45, 2.75) is 19.4 Å². The molecule has 0 radical (unpaired) electrons. The highest BCUT2D eigenvalue weighted by Gasteiger charge is 2.18. The standard InChI is InChI=1S/C14H16Cl2N4/c1-2-5-18-13(12-4-3-9(15)7-19-12)11-6-10(16)8-20-14(11)17/h3-4,6-8,13,18H,2,5H2,1H3,(H2,17,20). The molecule has 0 aromatic carbocycles. The first kappa shape index (κ1) is 15.0. The third-order valence-electron chi connectivity index (χ3n) is 2.87. The Morgan fingerprint density at radius 3 is 2.60 bits per heavy atom. The molecule has 4 nitrogen and oxygen atoms in total. The van der Waals surface area contributed by atoms with Gasteiger partial charge in [0.2, 0.25) is 0 Å². The highest BCUT2D eigenvalue weighted by Crippen LogP contribution is 2.27. The highest BCUT2D eigenvalue weighted by atomic mass is 35.5. The molecule has 0 aliphatic carbocycles. The number of nitrogens with two attached hydrogens (primary N) is 1. The third-order valence-corrected chi connectivity index (χ3v) is 3.30. The summed E-state index contributed by atoms with van der Waals surface area (Å²) >= 11 is 11.9. The van der Waals surface area contributed by atoms with Gasteiger partial charge in [0.15, 0.2) is 0 Å². The summed E-state index contributed by atoms with van der Waals surface area (Å²) in [6.07, 6.45) is 4.15. The first-order chi connectivity index (χ1) is 9.61. The van der Waals surface area contributed by atoms with E-state index in [9.17, 15) is 0 Å². The van der Waals surface area contributed by atoms with Crippen molar-refractivity contribution >= 4 is 29.0 Å². The molecule has 6 heteroatoms. The second kappa shape index (κ2) is 6.88. The van der Waals surface area contributed by atoms with Crippen molar-refractivity contribution in [3.05, 3.63) is 51.9 Å². The minimum absolute atomic E-state index is 0.154. The van der Waals surface area contributed by atoms with Gasteiger partial charge in [-0.1, -0.05) is 30.1 Å². The van der Waals surface area contributed by atoms with Gasteiger partial charge in [-0.2, -0.15) is 0 Å². The van der Waals surface area contributed by atoms with Gasteiger partial charge in [0.25, 0.3) is 0 Å². The van der Waals surface area contributed by atoms with E-state index < -0.39 is 0 Å². The molecule has 0 amide bonds. The summed E-state index contributed by atoms with van der Waals surface area (Å²) in [6.45, 7) is 2.93. The molecule has 0 saturated carbocycles. The summed E-state index contributed by atoms with van der Waals surface area (Å²) in [5.74, 6) is 0.444. The second-order valence-corrected chi connectivity index (χ2v) is 5.29. The van der Waals surface area contributed by atoms with Crippen molar-refractivity contribution in [1.82, 2.24) is 15.3 Å². The number of hydrogen-bond donors (Lipinski definition) is 2. The predicted octanol–water partition coefficient (Wildman–Crippen LogP) is 3.45. The molecule has 1 unspecified atom stereocenters. The van der Waals surface area contributed by atoms with Gasteiger partial charge in [0.1, 0.15) is 5.82 Å². The smallest absolute Gasteiger partial charge is 0.128 e. The zero-order valence-corrected chi connectivity index (χ0v) is 12.6. The van der Waals surface area contributed by atoms with Crippen molar-refractivity contribution in [2.24, 2.45) is 0 Å². The maximum atomic E-state index is 6.02. The average molecular weight is 311 g/mol. The molecule has 2 aromatic rings. The molecule has 2 heterocycles. The zero-order valence-electron chi connectivity index (χ0n) is 11.1. The Morgan fingerprint density at radius 2 is 1.95 bits per heavy atom. The summed E-state index contributed by atoms with van der Waals surface area (Å²) in [5.41, 5.74) is 7.62. The molecule has 3 N–H and O–H groups in total. The molecule has 1 atom stereocenters. The molecule has 2 aromatic heterocycles. The quantitative estimate of drug-likeness (QED) is 0.887. The van der Waals surface area contributed by atoms with Crippen LogP contribution in [-0.2, 0) is 0 Å². The zero-order chi connectivity index (χ0) is 14.5. The Hall–Kier alpha value is -1.36. The van der Waals surface area contributed by atoms with Crippen LogP contribution in [0.15, 0.2) is 30.6 Å². The number of hydrogen-bond acceptors (Lipinski definition) is 4. The van der Waals surface area contributed by atoms with Crippen molar-refractivity contribution < 1.29 is 0 Å². The molecular weight excluding hydrogens is 295 g/mol. The molecule has 0 bridgehead atoms. The number of nitrogens with zero attached hydrogens (tertiary/aromatic N) is 2. The van der Waals surface area contributed by atoms with Gasteiger partial charge in [0.05, 0.1) is 21.8 Å². The van der Waals surface area contributed by atoms with Crippen molar-refractivity contribution in [1.29, 1.82) is 0 Å². The minimum Gasteiger partial charge on any atom is -0.383 e. The van der Waals surface area contributed by atoms with Crippen LogP contribution in [0.3, 0.4) is 0 Å². The van der Waals surface area contributed by atoms with Gasteiger partial charge < -0.3 is 11.1 Å². The summed E-state index contributed by atoms with van der Waals surface area (Å²) in [6, 6.07) is 5.33. The lowest BCUT2D eigenvalue weighted by Gasteiger charge is -2.20. The lowest BCUT2D eigenvalue weighted by molar-refractivity contribution is 0.586. The average Bonchev–Trinajstić information content (AvgIpc) is 2.44. The van der Waals surface area contributed by atoms with E-state index in [0.29, 0.717) is 15.9 Å². The normalized spacial score (nSPS) is 12.3. The van der Waals surface area contributed by atoms with Gasteiger partial charge in [-0.3, -0.25) is 4.98 Å². The molecular formula is C14H16Cl2N4. The van der Waals surface area contributed by atoms with Gasteiger partial charge in [0, 0.05) is 18.0 Å². The first-order valence-electron chi connectivity index (χ1n) is 6.37. The molecule has 2 rings (SSSR count). The number of nitrogen functional groups attached to an aromatic ring is 1. The number of aromatic nitrogens is 2. The number of rotatable bonds is 5. The summed E-state index contributed by atoms with van der Waals surface area (Å²) in [5, 5.41) is 4.55. The predicted molar refractivity (Wildman–Crippen MR) is 83.0 cm³/mol. The first-order valence-corrected chi connectivity index (χ1v) is 7.13. The van der Waals surface area contributed by atoms with Crippen LogP contribution in [-0.4, -0.2) is 16.5 Å². The molecule has 0 aliphatic rings. The van der Waals surface area contributed by atoms with E-state index in [2.05, 4.69) is 22.2 Å². The van der Waals surface area contributed by atoms with Gasteiger partial charge in [-0.15, -0.1) is 0 Å². The third kappa shape index (κ3) is 3.60. The summed E-state index contributed by atoms with van der Waals surface area (Å²) < 4.78 is 0. The second-order valence-electron chi connectivity index (χ2n) is 4.42. The van der Waals surface area contributed by atoms with E-state index in [1.165, 1.54) is 6.20 Å². The van der Waals surface area contributed by atoms with Crippen LogP contribution in [0.5, 0.6) is 0 Å². The fourth-order valence-corrected chi connectivity index (χ4v) is 2.20. The Labute approximate surface area is 128 Å². The largest absolute Gasteiger partial charge is 0.383 e. The summed E-state index contributed by atoms with van der Waals surface area (Å²) in [7, 11) is 0. The maximum Gasteiger partial charge on any atom is 0.128 e. The van der Waals surface area contributed by atoms with E-state index in [4.69, 9.17) is 28.9 Å². The van der Waals surface area contributed by atoms with Crippen LogP contribution in [0.2, 0.25) is 10.0 Å². The summed E-state index contributed by atoms with van der Waals surface area (Å²) in [4.78, 5) is 8.46. The Morgan fingerprint density at radius 1 is 1.20 bits per heavy atom. The van der Waals surface area contributed by atoms with Crippen LogP contribution < -0.4 is 11.1 Å². The van der Waals surface area contributed by atoms with E-state index in [1.54, 1.807) is 12.3 Å². The lowest BCUT2D eigenvalue weighted by Crippen LogP contribution is -2.25. The Kier molecular flexibility index (Phi) is 5.17. The minimum atomic E-state index is -0.154. The topological polar surface area (TPSA) is 63.8 Å². The van der Waals surface area contributed by atoms with E-state index in [-0.39, 0.29) is 6.04 Å². The monoisotopic (exact) mass is 310 g/mol. The highest BCUT2D eigenvalue weighted by molar-refractivity contribution is 6.30. The fourth-order valence-electron chi connectivity index (χ4n) is 1.92. The van der Waals surface area contributed by atoms with Crippen LogP contribution in [0.4, 0.5) is 5.82 Å². The Bertz CT molecular complexity index is 572. The molecule has 20 heavy (non-hydrogen) atoms. The van der Waals surface area contributed by atoms with Crippen molar-refractivity contribution in [3.8, 4) is 0 Å². The molecule has 106 valence electrons. The number of pyridine rings is 2. The number of anilines is 1. The SMILES string of the molecule is CCCNC(c1ccc(Cl)cn1)c1cc(Cl)cnc1N. The van der Waals surface area contributed by atoms with E-state index in [0.717, 1.165) is 24.2 Å². The lowest BCUT2D eigenvalue weighted by atomic mass is 10.0. The van der Waals surface area contributed by atoms with Crippen LogP contribution in [0.25, 0.3) is 0 Å². The molecule has 0 spiro atoms. The van der Waals surface area contributed by atoms with Gasteiger partial charge >= 0.3 is 0 Å². The van der Waals surface area contributed by atoms with Crippen molar-refractivity contribution in [2.75, 3.05) is 12.3 Å². The number of nitrogens with one attached hydrogen (secondary N) is 1. The molecule has 0 aliphatic heterocycles.